The summed E-state index contributed by atoms with van der Waals surface area (Å²) in [6.07, 6.45) is 0.948. The van der Waals surface area contributed by atoms with E-state index in [0.29, 0.717) is 23.6 Å². The molecule has 0 saturated heterocycles. The lowest BCUT2D eigenvalue weighted by Gasteiger charge is -2.11. The molecule has 0 saturated carbocycles. The molecule has 0 aromatic heterocycles. The Balaban J connectivity index is 1.88. The Labute approximate surface area is 207 Å². The topological polar surface area (TPSA) is 137 Å². The number of carbonyl (C=O) groups excluding carboxylic acids is 1. The van der Waals surface area contributed by atoms with Gasteiger partial charge in [0.2, 0.25) is 0 Å². The fraction of sp³-hybridized carbons (Fsp3) is 0.231. The number of nitro benzene ring substituents is 2. The van der Waals surface area contributed by atoms with Gasteiger partial charge in [-0.05, 0) is 29.5 Å². The number of rotatable bonds is 11. The van der Waals surface area contributed by atoms with Crippen LogP contribution in [0.2, 0.25) is 0 Å². The van der Waals surface area contributed by atoms with E-state index in [-0.39, 0.29) is 24.7 Å². The van der Waals surface area contributed by atoms with Gasteiger partial charge in [-0.15, -0.1) is 0 Å². The zero-order valence-electron chi connectivity index (χ0n) is 19.9. The van der Waals surface area contributed by atoms with E-state index in [4.69, 9.17) is 4.74 Å². The summed E-state index contributed by atoms with van der Waals surface area (Å²) in [4.78, 5) is 33.2. The first-order valence-electron chi connectivity index (χ1n) is 11.3. The molecule has 186 valence electrons. The van der Waals surface area contributed by atoms with Crippen molar-refractivity contribution in [3.05, 3.63) is 98.6 Å². The van der Waals surface area contributed by atoms with Gasteiger partial charge in [0.15, 0.2) is 0 Å². The molecule has 0 aliphatic carbocycles. The summed E-state index contributed by atoms with van der Waals surface area (Å²) in [7, 11) is 0. The third kappa shape index (κ3) is 7.20. The van der Waals surface area contributed by atoms with Crippen molar-refractivity contribution < 1.29 is 19.4 Å². The number of hydrazone groups is 1. The minimum atomic E-state index is -0.731. The van der Waals surface area contributed by atoms with E-state index in [0.717, 1.165) is 23.3 Å². The molecule has 3 aromatic carbocycles. The number of hydrogen-bond donors (Lipinski definition) is 1. The third-order valence-corrected chi connectivity index (χ3v) is 5.32. The number of nitro groups is 2. The quantitative estimate of drug-likeness (QED) is 0.151. The molecule has 0 aliphatic rings. The van der Waals surface area contributed by atoms with Crippen LogP contribution >= 0.6 is 0 Å². The molecular weight excluding hydrogens is 464 g/mol. The van der Waals surface area contributed by atoms with Crippen LogP contribution in [0.5, 0.6) is 0 Å². The molecule has 0 radical (unpaired) electrons. The second-order valence-electron chi connectivity index (χ2n) is 8.42. The molecule has 0 aliphatic heterocycles. The van der Waals surface area contributed by atoms with E-state index in [2.05, 4.69) is 10.5 Å². The van der Waals surface area contributed by atoms with E-state index < -0.39 is 21.2 Å². The first-order chi connectivity index (χ1) is 17.2. The Morgan fingerprint density at radius 2 is 1.61 bits per heavy atom. The van der Waals surface area contributed by atoms with Crippen LogP contribution in [0.4, 0.5) is 17.1 Å². The Bertz CT molecular complexity index is 1260. The number of non-ortho nitro benzene ring substituents is 1. The van der Waals surface area contributed by atoms with Crippen LogP contribution < -0.4 is 5.43 Å². The standard InChI is InChI=1S/C26H26N4O6/c1-18(2)8-15-26(31)36-17-24(21-11-9-20(10-12-21)19-6-4-3-5-7-19)28-27-23-14-13-22(29(32)33)16-25(23)30(34)35/h3-7,9-14,16,18,27H,8,15,17H2,1-2H3/b28-24+. The van der Waals surface area contributed by atoms with Crippen LogP contribution in [0.3, 0.4) is 0 Å². The number of nitrogens with one attached hydrogen (secondary N) is 1. The van der Waals surface area contributed by atoms with Gasteiger partial charge in [-0.25, -0.2) is 0 Å². The van der Waals surface area contributed by atoms with Crippen molar-refractivity contribution in [2.24, 2.45) is 11.0 Å². The van der Waals surface area contributed by atoms with Crippen LogP contribution in [-0.2, 0) is 9.53 Å². The van der Waals surface area contributed by atoms with Crippen molar-refractivity contribution in [1.82, 2.24) is 0 Å². The van der Waals surface area contributed by atoms with Crippen LogP contribution in [0.15, 0.2) is 77.9 Å². The number of anilines is 1. The summed E-state index contributed by atoms with van der Waals surface area (Å²) in [6, 6.07) is 20.4. The van der Waals surface area contributed by atoms with Crippen LogP contribution in [-0.4, -0.2) is 28.1 Å². The molecule has 0 amide bonds. The fourth-order valence-electron chi connectivity index (χ4n) is 3.30. The maximum absolute atomic E-state index is 12.2. The average Bonchev–Trinajstić information content (AvgIpc) is 2.88. The van der Waals surface area contributed by atoms with Crippen LogP contribution in [0.1, 0.15) is 32.3 Å². The smallest absolute Gasteiger partial charge is 0.306 e. The number of ether oxygens (including phenoxy) is 1. The van der Waals surface area contributed by atoms with Gasteiger partial charge in [0.1, 0.15) is 18.0 Å². The van der Waals surface area contributed by atoms with E-state index in [1.165, 1.54) is 6.07 Å². The number of esters is 1. The summed E-state index contributed by atoms with van der Waals surface area (Å²) < 4.78 is 5.41. The molecule has 0 spiro atoms. The van der Waals surface area contributed by atoms with Gasteiger partial charge < -0.3 is 4.74 Å². The molecule has 0 bridgehead atoms. The lowest BCUT2D eigenvalue weighted by atomic mass is 10.0. The highest BCUT2D eigenvalue weighted by molar-refractivity contribution is 6.03. The minimum Gasteiger partial charge on any atom is -0.459 e. The van der Waals surface area contributed by atoms with E-state index in [1.807, 2.05) is 68.4 Å². The summed E-state index contributed by atoms with van der Waals surface area (Å²) in [5.74, 6) is -0.0285. The molecular formula is C26H26N4O6. The Hall–Kier alpha value is -4.60. The maximum atomic E-state index is 12.2. The van der Waals surface area contributed by atoms with E-state index >= 15 is 0 Å². The number of nitrogens with zero attached hydrogens (tertiary/aromatic N) is 3. The van der Waals surface area contributed by atoms with Gasteiger partial charge in [0.05, 0.1) is 15.9 Å². The monoisotopic (exact) mass is 490 g/mol. The summed E-state index contributed by atoms with van der Waals surface area (Å²) in [6.45, 7) is 3.86. The highest BCUT2D eigenvalue weighted by Gasteiger charge is 2.20. The lowest BCUT2D eigenvalue weighted by molar-refractivity contribution is -0.393. The normalized spacial score (nSPS) is 11.2. The fourth-order valence-corrected chi connectivity index (χ4v) is 3.30. The molecule has 3 aromatic rings. The SMILES string of the molecule is CC(C)CCC(=O)OC/C(=N\Nc1ccc([N+](=O)[O-])cc1[N+](=O)[O-])c1ccc(-c2ccccc2)cc1. The molecule has 10 heteroatoms. The van der Waals surface area contributed by atoms with Gasteiger partial charge in [-0.3, -0.25) is 30.4 Å². The molecule has 10 nitrogen and oxygen atoms in total. The van der Waals surface area contributed by atoms with Gasteiger partial charge in [0.25, 0.3) is 5.69 Å². The Morgan fingerprint density at radius 3 is 2.22 bits per heavy atom. The highest BCUT2D eigenvalue weighted by atomic mass is 16.6. The minimum absolute atomic E-state index is 0.0323. The van der Waals surface area contributed by atoms with Gasteiger partial charge >= 0.3 is 11.7 Å². The molecule has 1 N–H and O–H groups in total. The maximum Gasteiger partial charge on any atom is 0.306 e. The molecule has 36 heavy (non-hydrogen) atoms. The highest BCUT2D eigenvalue weighted by Crippen LogP contribution is 2.29. The summed E-state index contributed by atoms with van der Waals surface area (Å²) in [5, 5.41) is 26.7. The Kier molecular flexibility index (Phi) is 8.82. The zero-order chi connectivity index (χ0) is 26.1. The molecule has 0 atom stereocenters. The second-order valence-corrected chi connectivity index (χ2v) is 8.42. The molecule has 3 rings (SSSR count). The average molecular weight is 491 g/mol. The number of benzene rings is 3. The first-order valence-corrected chi connectivity index (χ1v) is 11.3. The van der Waals surface area contributed by atoms with Crippen LogP contribution in [0.25, 0.3) is 11.1 Å². The molecule has 0 heterocycles. The van der Waals surface area contributed by atoms with Crippen molar-refractivity contribution in [3.8, 4) is 11.1 Å². The van der Waals surface area contributed by atoms with Crippen molar-refractivity contribution in [3.63, 3.8) is 0 Å². The number of carbonyl (C=O) groups is 1. The second kappa shape index (κ2) is 12.2. The first kappa shape index (κ1) is 26.0. The van der Waals surface area contributed by atoms with Crippen molar-refractivity contribution in [2.75, 3.05) is 12.0 Å². The predicted octanol–water partition coefficient (Wildman–Crippen LogP) is 5.97. The third-order valence-electron chi connectivity index (χ3n) is 5.32. The van der Waals surface area contributed by atoms with Gasteiger partial charge in [0, 0.05) is 18.1 Å². The van der Waals surface area contributed by atoms with Gasteiger partial charge in [-0.2, -0.15) is 5.10 Å². The molecule has 0 fully saturated rings. The van der Waals surface area contributed by atoms with Crippen molar-refractivity contribution in [2.45, 2.75) is 26.7 Å². The molecule has 0 unspecified atom stereocenters. The van der Waals surface area contributed by atoms with E-state index in [9.17, 15) is 25.0 Å². The van der Waals surface area contributed by atoms with E-state index in [1.54, 1.807) is 0 Å². The Morgan fingerprint density at radius 1 is 0.944 bits per heavy atom. The largest absolute Gasteiger partial charge is 0.459 e. The van der Waals surface area contributed by atoms with Crippen LogP contribution in [0, 0.1) is 26.1 Å². The number of hydrogen-bond acceptors (Lipinski definition) is 8. The summed E-state index contributed by atoms with van der Waals surface area (Å²) in [5.41, 5.74) is 4.65. The zero-order valence-corrected chi connectivity index (χ0v) is 19.9. The lowest BCUT2D eigenvalue weighted by Crippen LogP contribution is -2.17. The predicted molar refractivity (Wildman–Crippen MR) is 137 cm³/mol. The van der Waals surface area contributed by atoms with Crippen molar-refractivity contribution >= 4 is 28.7 Å². The van der Waals surface area contributed by atoms with Gasteiger partial charge in [-0.1, -0.05) is 68.4 Å². The van der Waals surface area contributed by atoms with Crippen molar-refractivity contribution in [1.29, 1.82) is 0 Å². The summed E-state index contributed by atoms with van der Waals surface area (Å²) >= 11 is 0.